The molecule has 9 heteroatoms. The Kier molecular flexibility index (Phi) is 7.99. The van der Waals surface area contributed by atoms with Crippen molar-refractivity contribution in [3.05, 3.63) is 59.7 Å². The third kappa shape index (κ3) is 7.40. The smallest absolute Gasteiger partial charge is 0.410 e. The molecular formula is C25H32N4O5. The van der Waals surface area contributed by atoms with Crippen LogP contribution in [0.25, 0.3) is 0 Å². The number of carbonyl (C=O) groups excluding carboxylic acids is 3. The summed E-state index contributed by atoms with van der Waals surface area (Å²) in [5.41, 5.74) is 1.95. The number of benzene rings is 2. The normalized spacial score (nSPS) is 13.9. The van der Waals surface area contributed by atoms with E-state index in [1.165, 1.54) is 4.90 Å². The maximum atomic E-state index is 12.5. The van der Waals surface area contributed by atoms with Crippen LogP contribution in [0.4, 0.5) is 15.3 Å². The largest absolute Gasteiger partial charge is 0.497 e. The van der Waals surface area contributed by atoms with Crippen molar-refractivity contribution in [2.24, 2.45) is 0 Å². The van der Waals surface area contributed by atoms with Gasteiger partial charge in [0, 0.05) is 31.9 Å². The lowest BCUT2D eigenvalue weighted by molar-refractivity contribution is -0.136. The number of carbonyl (C=O) groups is 3. The number of hydrogen-bond donors (Lipinski definition) is 2. The highest BCUT2D eigenvalue weighted by Crippen LogP contribution is 2.16. The average molecular weight is 469 g/mol. The lowest BCUT2D eigenvalue weighted by Crippen LogP contribution is -2.52. The van der Waals surface area contributed by atoms with Gasteiger partial charge < -0.3 is 25.0 Å². The highest BCUT2D eigenvalue weighted by Gasteiger charge is 2.30. The number of nitrogens with zero attached hydrogens (tertiary/aromatic N) is 2. The van der Waals surface area contributed by atoms with Crippen molar-refractivity contribution < 1.29 is 23.9 Å². The van der Waals surface area contributed by atoms with Gasteiger partial charge in [-0.3, -0.25) is 9.69 Å². The Morgan fingerprint density at radius 2 is 1.62 bits per heavy atom. The van der Waals surface area contributed by atoms with E-state index in [9.17, 15) is 14.4 Å². The lowest BCUT2D eigenvalue weighted by atomic mass is 10.1. The molecule has 182 valence electrons. The van der Waals surface area contributed by atoms with Crippen molar-refractivity contribution in [3.8, 4) is 5.75 Å². The highest BCUT2D eigenvalue weighted by atomic mass is 16.6. The van der Waals surface area contributed by atoms with Gasteiger partial charge in [0.25, 0.3) is 0 Å². The molecule has 1 saturated heterocycles. The van der Waals surface area contributed by atoms with Gasteiger partial charge >= 0.3 is 12.1 Å². The van der Waals surface area contributed by atoms with Crippen LogP contribution < -0.4 is 15.4 Å². The van der Waals surface area contributed by atoms with Crippen LogP contribution in [-0.4, -0.2) is 60.2 Å². The summed E-state index contributed by atoms with van der Waals surface area (Å²) in [6.07, 6.45) is -0.471. The van der Waals surface area contributed by atoms with Crippen molar-refractivity contribution in [2.75, 3.05) is 32.1 Å². The summed E-state index contributed by atoms with van der Waals surface area (Å²) in [7, 11) is 1.61. The molecule has 34 heavy (non-hydrogen) atoms. The monoisotopic (exact) mass is 468 g/mol. The minimum absolute atomic E-state index is 0.00290. The molecule has 2 aromatic rings. The van der Waals surface area contributed by atoms with E-state index in [0.29, 0.717) is 31.9 Å². The summed E-state index contributed by atoms with van der Waals surface area (Å²) in [6, 6.07) is 14.5. The molecule has 0 radical (unpaired) electrons. The zero-order valence-corrected chi connectivity index (χ0v) is 20.1. The molecule has 1 heterocycles. The Balaban J connectivity index is 1.45. The van der Waals surface area contributed by atoms with Gasteiger partial charge in [0.05, 0.1) is 7.11 Å². The molecule has 1 aliphatic heterocycles. The standard InChI is InChI=1S/C25H32N4O5/c1-25(2,3)34-24(32)29-14-13-28(22(30)17-29)16-19-5-9-20(10-6-19)27-23(31)26-15-18-7-11-21(33-4)12-8-18/h5-12H,13-17H2,1-4H3,(H2,26,27,31). The van der Waals surface area contributed by atoms with Gasteiger partial charge in [-0.15, -0.1) is 0 Å². The van der Waals surface area contributed by atoms with E-state index in [2.05, 4.69) is 10.6 Å². The number of rotatable bonds is 6. The highest BCUT2D eigenvalue weighted by molar-refractivity contribution is 5.89. The fourth-order valence-electron chi connectivity index (χ4n) is 3.37. The van der Waals surface area contributed by atoms with Gasteiger partial charge in [0.15, 0.2) is 0 Å². The Hall–Kier alpha value is -3.75. The summed E-state index contributed by atoms with van der Waals surface area (Å²) in [4.78, 5) is 40.0. The number of anilines is 1. The molecular weight excluding hydrogens is 436 g/mol. The second-order valence-corrected chi connectivity index (χ2v) is 9.07. The summed E-state index contributed by atoms with van der Waals surface area (Å²) in [5.74, 6) is 0.636. The molecule has 0 saturated carbocycles. The zero-order valence-electron chi connectivity index (χ0n) is 20.1. The Morgan fingerprint density at radius 3 is 2.21 bits per heavy atom. The summed E-state index contributed by atoms with van der Waals surface area (Å²) in [6.45, 7) is 7.09. The SMILES string of the molecule is COc1ccc(CNC(=O)Nc2ccc(CN3CCN(C(=O)OC(C)(C)C)CC3=O)cc2)cc1. The predicted molar refractivity (Wildman–Crippen MR) is 129 cm³/mol. The molecule has 0 spiro atoms. The molecule has 0 atom stereocenters. The molecule has 0 unspecified atom stereocenters. The minimum atomic E-state index is -0.598. The molecule has 4 amide bonds. The van der Waals surface area contributed by atoms with Crippen molar-refractivity contribution >= 4 is 23.7 Å². The van der Waals surface area contributed by atoms with E-state index < -0.39 is 11.7 Å². The number of hydrogen-bond acceptors (Lipinski definition) is 5. The van der Waals surface area contributed by atoms with Crippen LogP contribution in [0.3, 0.4) is 0 Å². The molecule has 0 aliphatic carbocycles. The first kappa shape index (κ1) is 24.9. The van der Waals surface area contributed by atoms with Gasteiger partial charge in [-0.25, -0.2) is 9.59 Å². The first-order chi connectivity index (χ1) is 16.1. The predicted octanol–water partition coefficient (Wildman–Crippen LogP) is 3.60. The maximum absolute atomic E-state index is 12.5. The molecule has 1 fully saturated rings. The average Bonchev–Trinajstić information content (AvgIpc) is 2.79. The first-order valence-corrected chi connectivity index (χ1v) is 11.2. The topological polar surface area (TPSA) is 100 Å². The van der Waals surface area contributed by atoms with Crippen LogP contribution in [0.15, 0.2) is 48.5 Å². The molecule has 0 aromatic heterocycles. The van der Waals surface area contributed by atoms with Gasteiger partial charge in [0.1, 0.15) is 17.9 Å². The molecule has 3 rings (SSSR count). The number of urea groups is 1. The Labute approximate surface area is 200 Å². The quantitative estimate of drug-likeness (QED) is 0.675. The van der Waals surface area contributed by atoms with Crippen LogP contribution in [0.2, 0.25) is 0 Å². The fourth-order valence-corrected chi connectivity index (χ4v) is 3.37. The maximum Gasteiger partial charge on any atom is 0.410 e. The van der Waals surface area contributed by atoms with E-state index in [1.54, 1.807) is 44.9 Å². The van der Waals surface area contributed by atoms with E-state index in [-0.39, 0.29) is 18.5 Å². The molecule has 2 aromatic carbocycles. The third-order valence-electron chi connectivity index (χ3n) is 5.17. The number of piperazine rings is 1. The molecule has 1 aliphatic rings. The summed E-state index contributed by atoms with van der Waals surface area (Å²) >= 11 is 0. The molecule has 9 nitrogen and oxygen atoms in total. The number of amides is 4. The summed E-state index contributed by atoms with van der Waals surface area (Å²) < 4.78 is 10.5. The van der Waals surface area contributed by atoms with Crippen molar-refractivity contribution in [1.82, 2.24) is 15.1 Å². The van der Waals surface area contributed by atoms with Crippen LogP contribution in [0.5, 0.6) is 5.75 Å². The Morgan fingerprint density at radius 1 is 0.971 bits per heavy atom. The van der Waals surface area contributed by atoms with Gasteiger partial charge in [-0.2, -0.15) is 0 Å². The van der Waals surface area contributed by atoms with E-state index in [4.69, 9.17) is 9.47 Å². The summed E-state index contributed by atoms with van der Waals surface area (Å²) in [5, 5.41) is 5.61. The number of nitrogens with one attached hydrogen (secondary N) is 2. The van der Waals surface area contributed by atoms with Crippen molar-refractivity contribution in [3.63, 3.8) is 0 Å². The second-order valence-electron chi connectivity index (χ2n) is 9.07. The molecule has 2 N–H and O–H groups in total. The first-order valence-electron chi connectivity index (χ1n) is 11.2. The molecule has 0 bridgehead atoms. The van der Waals surface area contributed by atoms with Gasteiger partial charge in [-0.05, 0) is 56.2 Å². The fraction of sp³-hybridized carbons (Fsp3) is 0.400. The Bertz CT molecular complexity index is 999. The third-order valence-corrected chi connectivity index (χ3v) is 5.17. The zero-order chi connectivity index (χ0) is 24.7. The van der Waals surface area contributed by atoms with Gasteiger partial charge in [-0.1, -0.05) is 24.3 Å². The van der Waals surface area contributed by atoms with Crippen LogP contribution >= 0.6 is 0 Å². The van der Waals surface area contributed by atoms with Crippen LogP contribution in [0.1, 0.15) is 31.9 Å². The lowest BCUT2D eigenvalue weighted by Gasteiger charge is -2.35. The van der Waals surface area contributed by atoms with E-state index >= 15 is 0 Å². The van der Waals surface area contributed by atoms with Crippen LogP contribution in [-0.2, 0) is 22.6 Å². The van der Waals surface area contributed by atoms with Crippen molar-refractivity contribution in [2.45, 2.75) is 39.5 Å². The van der Waals surface area contributed by atoms with E-state index in [1.807, 2.05) is 36.4 Å². The number of ether oxygens (including phenoxy) is 2. The van der Waals surface area contributed by atoms with Crippen LogP contribution in [0, 0.1) is 0 Å². The van der Waals surface area contributed by atoms with Gasteiger partial charge in [0.2, 0.25) is 5.91 Å². The van der Waals surface area contributed by atoms with E-state index in [0.717, 1.165) is 16.9 Å². The minimum Gasteiger partial charge on any atom is -0.497 e. The van der Waals surface area contributed by atoms with Crippen molar-refractivity contribution in [1.29, 1.82) is 0 Å². The second kappa shape index (κ2) is 10.9. The number of methoxy groups -OCH3 is 1.